The highest BCUT2D eigenvalue weighted by Gasteiger charge is 2.19. The highest BCUT2D eigenvalue weighted by Crippen LogP contribution is 2.18. The predicted molar refractivity (Wildman–Crippen MR) is 340 cm³/mol. The van der Waals surface area contributed by atoms with Crippen molar-refractivity contribution < 1.29 is 28.6 Å². The van der Waals surface area contributed by atoms with Gasteiger partial charge >= 0.3 is 17.9 Å². The number of hydrogen-bond donors (Lipinski definition) is 0. The van der Waals surface area contributed by atoms with Crippen molar-refractivity contribution in [3.05, 3.63) is 24.3 Å². The number of ether oxygens (including phenoxy) is 3. The minimum atomic E-state index is -0.768. The Morgan fingerprint density at radius 3 is 0.641 bits per heavy atom. The summed E-state index contributed by atoms with van der Waals surface area (Å²) in [4.78, 5) is 38.3. The minimum absolute atomic E-state index is 0.0656. The molecule has 6 heteroatoms. The van der Waals surface area contributed by atoms with Crippen LogP contribution < -0.4 is 0 Å². The summed E-state index contributed by atoms with van der Waals surface area (Å²) in [5, 5.41) is 0. The monoisotopic (exact) mass is 1100 g/mol. The molecule has 0 aromatic rings. The Morgan fingerprint density at radius 2 is 0.423 bits per heavy atom. The van der Waals surface area contributed by atoms with Crippen LogP contribution in [-0.4, -0.2) is 37.2 Å². The highest BCUT2D eigenvalue weighted by molar-refractivity contribution is 5.71. The number of carbonyl (C=O) groups is 3. The molecule has 0 radical (unpaired) electrons. The van der Waals surface area contributed by atoms with E-state index in [1.165, 1.54) is 302 Å². The van der Waals surface area contributed by atoms with Crippen molar-refractivity contribution in [2.45, 2.75) is 406 Å². The van der Waals surface area contributed by atoms with Gasteiger partial charge in [-0.15, -0.1) is 0 Å². The Morgan fingerprint density at radius 1 is 0.244 bits per heavy atom. The Hall–Kier alpha value is -2.11. The maximum Gasteiger partial charge on any atom is 0.306 e. The molecular formula is C72H136O6. The molecular weight excluding hydrogens is 961 g/mol. The van der Waals surface area contributed by atoms with Crippen LogP contribution in [0.15, 0.2) is 24.3 Å². The second kappa shape index (κ2) is 67.4. The Labute approximate surface area is 487 Å². The molecule has 0 aromatic heterocycles. The molecule has 1 atom stereocenters. The lowest BCUT2D eigenvalue weighted by Crippen LogP contribution is -2.30. The van der Waals surface area contributed by atoms with Crippen molar-refractivity contribution in [3.8, 4) is 0 Å². The Balaban J connectivity index is 4.13. The van der Waals surface area contributed by atoms with Crippen LogP contribution in [0.1, 0.15) is 400 Å². The average Bonchev–Trinajstić information content (AvgIpc) is 3.44. The molecule has 0 bridgehead atoms. The summed E-state index contributed by atoms with van der Waals surface area (Å²) >= 11 is 0. The van der Waals surface area contributed by atoms with E-state index in [1.807, 2.05) is 0 Å². The molecule has 0 heterocycles. The minimum Gasteiger partial charge on any atom is -0.462 e. The molecule has 0 fully saturated rings. The first-order valence-electron chi connectivity index (χ1n) is 35.3. The Kier molecular flexibility index (Phi) is 65.6. The second-order valence-corrected chi connectivity index (χ2v) is 24.1. The molecule has 0 saturated heterocycles. The third-order valence-corrected chi connectivity index (χ3v) is 16.2. The standard InChI is InChI=1S/C72H136O6/c1-4-7-10-13-16-19-22-24-26-28-30-32-34-35-36-37-39-40-42-44-46-48-50-53-56-59-62-65-71(74)77-68-69(67-76-70(73)64-61-58-55-52-21-18-15-12-9-6-3)78-72(75)66-63-60-57-54-51-49-47-45-43-41-38-33-31-29-27-25-23-20-17-14-11-8-5-2/h28-31,69H,4-27,32-68H2,1-3H3/b30-28-,31-29-. The average molecular weight is 1100 g/mol. The van der Waals surface area contributed by atoms with Crippen LogP contribution >= 0.6 is 0 Å². The van der Waals surface area contributed by atoms with Gasteiger partial charge in [0.05, 0.1) is 0 Å². The van der Waals surface area contributed by atoms with Crippen molar-refractivity contribution in [2.24, 2.45) is 0 Å². The van der Waals surface area contributed by atoms with Crippen molar-refractivity contribution in [3.63, 3.8) is 0 Å². The van der Waals surface area contributed by atoms with Crippen LogP contribution in [0.4, 0.5) is 0 Å². The smallest absolute Gasteiger partial charge is 0.306 e. The molecule has 0 aliphatic heterocycles. The summed E-state index contributed by atoms with van der Waals surface area (Å²) in [6.07, 6.45) is 82.2. The largest absolute Gasteiger partial charge is 0.462 e. The fourth-order valence-electron chi connectivity index (χ4n) is 10.8. The first-order chi connectivity index (χ1) is 38.5. The summed E-state index contributed by atoms with van der Waals surface area (Å²) in [6, 6.07) is 0. The molecule has 6 nitrogen and oxygen atoms in total. The SMILES string of the molecule is CCCCCCCCCC/C=C\CCCCCCCCCCCCCCCCCC(=O)OCC(COC(=O)CCCCCCCCCCCC)OC(=O)CCCCCCCCCCCCC/C=C\CCCCCCCCCC. The van der Waals surface area contributed by atoms with Gasteiger partial charge in [-0.25, -0.2) is 0 Å². The van der Waals surface area contributed by atoms with Crippen molar-refractivity contribution >= 4 is 17.9 Å². The number of esters is 3. The molecule has 0 aliphatic carbocycles. The van der Waals surface area contributed by atoms with E-state index in [1.54, 1.807) is 0 Å². The van der Waals surface area contributed by atoms with Gasteiger partial charge < -0.3 is 14.2 Å². The second-order valence-electron chi connectivity index (χ2n) is 24.1. The van der Waals surface area contributed by atoms with E-state index < -0.39 is 6.10 Å². The topological polar surface area (TPSA) is 78.9 Å². The maximum absolute atomic E-state index is 12.9. The van der Waals surface area contributed by atoms with Crippen LogP contribution in [0.2, 0.25) is 0 Å². The van der Waals surface area contributed by atoms with Gasteiger partial charge in [0.1, 0.15) is 13.2 Å². The molecule has 1 unspecified atom stereocenters. The molecule has 0 aromatic carbocycles. The van der Waals surface area contributed by atoms with E-state index in [9.17, 15) is 14.4 Å². The first kappa shape index (κ1) is 75.9. The third-order valence-electron chi connectivity index (χ3n) is 16.2. The predicted octanol–water partition coefficient (Wildman–Crippen LogP) is 24.2. The van der Waals surface area contributed by atoms with Gasteiger partial charge in [0.25, 0.3) is 0 Å². The molecule has 0 N–H and O–H groups in total. The Bertz CT molecular complexity index is 1260. The number of hydrogen-bond acceptors (Lipinski definition) is 6. The van der Waals surface area contributed by atoms with Gasteiger partial charge in [-0.2, -0.15) is 0 Å². The van der Waals surface area contributed by atoms with Crippen molar-refractivity contribution in [1.82, 2.24) is 0 Å². The van der Waals surface area contributed by atoms with Crippen molar-refractivity contribution in [2.75, 3.05) is 13.2 Å². The molecule has 0 spiro atoms. The fourth-order valence-corrected chi connectivity index (χ4v) is 10.8. The lowest BCUT2D eigenvalue weighted by atomic mass is 10.0. The van der Waals surface area contributed by atoms with E-state index in [0.717, 1.165) is 57.8 Å². The van der Waals surface area contributed by atoms with Crippen LogP contribution in [-0.2, 0) is 28.6 Å². The van der Waals surface area contributed by atoms with E-state index in [4.69, 9.17) is 14.2 Å². The highest BCUT2D eigenvalue weighted by atomic mass is 16.6. The lowest BCUT2D eigenvalue weighted by Gasteiger charge is -2.18. The zero-order valence-corrected chi connectivity index (χ0v) is 53.0. The van der Waals surface area contributed by atoms with Gasteiger partial charge in [0.15, 0.2) is 6.10 Å². The summed E-state index contributed by atoms with van der Waals surface area (Å²) in [5.41, 5.74) is 0. The molecule has 0 rings (SSSR count). The summed E-state index contributed by atoms with van der Waals surface area (Å²) in [6.45, 7) is 6.70. The van der Waals surface area contributed by atoms with E-state index in [-0.39, 0.29) is 31.1 Å². The van der Waals surface area contributed by atoms with Gasteiger partial charge in [-0.3, -0.25) is 14.4 Å². The molecule has 0 amide bonds. The molecule has 0 saturated carbocycles. The quantitative estimate of drug-likeness (QED) is 0.0261. The van der Waals surface area contributed by atoms with Gasteiger partial charge in [-0.05, 0) is 70.6 Å². The zero-order chi connectivity index (χ0) is 56.4. The number of unbranched alkanes of at least 4 members (excludes halogenated alkanes) is 51. The molecule has 0 aliphatic rings. The van der Waals surface area contributed by atoms with Crippen LogP contribution in [0, 0.1) is 0 Å². The molecule has 78 heavy (non-hydrogen) atoms. The van der Waals surface area contributed by atoms with Gasteiger partial charge in [-0.1, -0.05) is 334 Å². The van der Waals surface area contributed by atoms with Crippen LogP contribution in [0.25, 0.3) is 0 Å². The van der Waals surface area contributed by atoms with Crippen LogP contribution in [0.5, 0.6) is 0 Å². The fraction of sp³-hybridized carbons (Fsp3) is 0.903. The number of carbonyl (C=O) groups excluding carboxylic acids is 3. The van der Waals surface area contributed by atoms with Crippen LogP contribution in [0.3, 0.4) is 0 Å². The van der Waals surface area contributed by atoms with E-state index in [2.05, 4.69) is 45.1 Å². The normalized spacial score (nSPS) is 12.1. The maximum atomic E-state index is 12.9. The molecule has 460 valence electrons. The van der Waals surface area contributed by atoms with E-state index >= 15 is 0 Å². The van der Waals surface area contributed by atoms with Crippen molar-refractivity contribution in [1.29, 1.82) is 0 Å². The first-order valence-corrected chi connectivity index (χ1v) is 35.3. The summed E-state index contributed by atoms with van der Waals surface area (Å²) < 4.78 is 17.0. The summed E-state index contributed by atoms with van der Waals surface area (Å²) in [5.74, 6) is -0.838. The number of rotatable bonds is 66. The lowest BCUT2D eigenvalue weighted by molar-refractivity contribution is -0.167. The van der Waals surface area contributed by atoms with Gasteiger partial charge in [0, 0.05) is 19.3 Å². The zero-order valence-electron chi connectivity index (χ0n) is 53.0. The summed E-state index contributed by atoms with van der Waals surface area (Å²) in [7, 11) is 0. The number of allylic oxidation sites excluding steroid dienone is 4. The van der Waals surface area contributed by atoms with Gasteiger partial charge in [0.2, 0.25) is 0 Å². The van der Waals surface area contributed by atoms with E-state index in [0.29, 0.717) is 19.3 Å². The third kappa shape index (κ3) is 64.7.